The van der Waals surface area contributed by atoms with Gasteiger partial charge in [0, 0.05) is 6.42 Å². The molecule has 98 valence electrons. The van der Waals surface area contributed by atoms with Crippen LogP contribution in [0.4, 0.5) is 8.78 Å². The third-order valence-electron chi connectivity index (χ3n) is 2.74. The molecule has 0 aliphatic heterocycles. The lowest BCUT2D eigenvalue weighted by molar-refractivity contribution is 0.0985. The van der Waals surface area contributed by atoms with Crippen molar-refractivity contribution in [1.29, 1.82) is 0 Å². The minimum Gasteiger partial charge on any atom is -0.497 e. The van der Waals surface area contributed by atoms with Crippen molar-refractivity contribution in [2.75, 3.05) is 7.11 Å². The van der Waals surface area contributed by atoms with Gasteiger partial charge in [-0.1, -0.05) is 18.2 Å². The fourth-order valence-electron chi connectivity index (χ4n) is 1.82. The first-order valence-electron chi connectivity index (χ1n) is 5.72. The second-order valence-electron chi connectivity index (χ2n) is 4.05. The monoisotopic (exact) mass is 262 g/mol. The van der Waals surface area contributed by atoms with E-state index < -0.39 is 23.0 Å². The standard InChI is InChI=1S/C15H12F2O2/c1-19-11-5-2-4-10(8-11)9-14(18)15-12(16)6-3-7-13(15)17/h2-8H,9H2,1H3. The molecule has 0 radical (unpaired) electrons. The van der Waals surface area contributed by atoms with E-state index in [4.69, 9.17) is 4.74 Å². The van der Waals surface area contributed by atoms with Crippen LogP contribution in [0.25, 0.3) is 0 Å². The molecule has 2 rings (SSSR count). The summed E-state index contributed by atoms with van der Waals surface area (Å²) in [4.78, 5) is 11.9. The predicted octanol–water partition coefficient (Wildman–Crippen LogP) is 3.40. The SMILES string of the molecule is COc1cccc(CC(=O)c2c(F)cccc2F)c1. The number of ketones is 1. The van der Waals surface area contributed by atoms with Crippen molar-refractivity contribution in [1.82, 2.24) is 0 Å². The predicted molar refractivity (Wildman–Crippen MR) is 67.4 cm³/mol. The normalized spacial score (nSPS) is 10.3. The zero-order chi connectivity index (χ0) is 13.8. The van der Waals surface area contributed by atoms with E-state index in [9.17, 15) is 13.6 Å². The highest BCUT2D eigenvalue weighted by atomic mass is 19.1. The van der Waals surface area contributed by atoms with Gasteiger partial charge in [0.1, 0.15) is 17.4 Å². The number of methoxy groups -OCH3 is 1. The lowest BCUT2D eigenvalue weighted by atomic mass is 10.0. The maximum absolute atomic E-state index is 13.5. The molecular formula is C15H12F2O2. The molecule has 0 heterocycles. The molecule has 0 atom stereocenters. The minimum absolute atomic E-state index is 0.0744. The van der Waals surface area contributed by atoms with Gasteiger partial charge in [-0.05, 0) is 29.8 Å². The van der Waals surface area contributed by atoms with Gasteiger partial charge in [0.25, 0.3) is 0 Å². The molecule has 0 amide bonds. The van der Waals surface area contributed by atoms with Gasteiger partial charge in [0.15, 0.2) is 5.78 Å². The van der Waals surface area contributed by atoms with Crippen LogP contribution in [0.15, 0.2) is 42.5 Å². The van der Waals surface area contributed by atoms with Crippen LogP contribution in [0.1, 0.15) is 15.9 Å². The maximum atomic E-state index is 13.5. The molecule has 0 fully saturated rings. The van der Waals surface area contributed by atoms with E-state index in [0.717, 1.165) is 12.1 Å². The maximum Gasteiger partial charge on any atom is 0.173 e. The summed E-state index contributed by atoms with van der Waals surface area (Å²) in [6, 6.07) is 10.2. The highest BCUT2D eigenvalue weighted by molar-refractivity contribution is 5.98. The lowest BCUT2D eigenvalue weighted by Gasteiger charge is -2.06. The average molecular weight is 262 g/mol. The third-order valence-corrected chi connectivity index (χ3v) is 2.74. The number of benzene rings is 2. The highest BCUT2D eigenvalue weighted by Crippen LogP contribution is 2.18. The molecule has 0 N–H and O–H groups in total. The van der Waals surface area contributed by atoms with Crippen LogP contribution >= 0.6 is 0 Å². The van der Waals surface area contributed by atoms with Crippen molar-refractivity contribution >= 4 is 5.78 Å². The van der Waals surface area contributed by atoms with Gasteiger partial charge in [-0.3, -0.25) is 4.79 Å². The summed E-state index contributed by atoms with van der Waals surface area (Å²) in [6.07, 6.45) is -0.0744. The molecule has 0 bridgehead atoms. The molecular weight excluding hydrogens is 250 g/mol. The van der Waals surface area contributed by atoms with Gasteiger partial charge < -0.3 is 4.74 Å². The van der Waals surface area contributed by atoms with E-state index in [1.807, 2.05) is 0 Å². The first-order valence-corrected chi connectivity index (χ1v) is 5.72. The third kappa shape index (κ3) is 2.96. The molecule has 0 spiro atoms. The molecule has 0 saturated carbocycles. The average Bonchev–Trinajstić information content (AvgIpc) is 2.38. The summed E-state index contributed by atoms with van der Waals surface area (Å²) >= 11 is 0. The molecule has 0 aliphatic rings. The van der Waals surface area contributed by atoms with E-state index in [-0.39, 0.29) is 6.42 Å². The van der Waals surface area contributed by atoms with Gasteiger partial charge >= 0.3 is 0 Å². The van der Waals surface area contributed by atoms with E-state index in [1.54, 1.807) is 24.3 Å². The summed E-state index contributed by atoms with van der Waals surface area (Å²) in [5, 5.41) is 0. The summed E-state index contributed by atoms with van der Waals surface area (Å²) in [5.74, 6) is -1.68. The number of carbonyl (C=O) groups excluding carboxylic acids is 1. The number of halogens is 2. The Kier molecular flexibility index (Phi) is 3.90. The molecule has 0 unspecified atom stereocenters. The molecule has 2 aromatic carbocycles. The molecule has 0 aromatic heterocycles. The van der Waals surface area contributed by atoms with E-state index >= 15 is 0 Å². The van der Waals surface area contributed by atoms with Crippen LogP contribution in [0.5, 0.6) is 5.75 Å². The van der Waals surface area contributed by atoms with E-state index in [0.29, 0.717) is 11.3 Å². The van der Waals surface area contributed by atoms with Crippen molar-refractivity contribution < 1.29 is 18.3 Å². The number of hydrogen-bond acceptors (Lipinski definition) is 2. The molecule has 4 heteroatoms. The smallest absolute Gasteiger partial charge is 0.173 e. The topological polar surface area (TPSA) is 26.3 Å². The van der Waals surface area contributed by atoms with Gasteiger partial charge in [0.05, 0.1) is 12.7 Å². The molecule has 0 aliphatic carbocycles. The number of carbonyl (C=O) groups is 1. The van der Waals surface area contributed by atoms with Crippen LogP contribution in [0, 0.1) is 11.6 Å². The zero-order valence-electron chi connectivity index (χ0n) is 10.3. The Labute approximate surface area is 109 Å². The van der Waals surface area contributed by atoms with Crippen molar-refractivity contribution in [3.63, 3.8) is 0 Å². The molecule has 2 aromatic rings. The highest BCUT2D eigenvalue weighted by Gasteiger charge is 2.17. The second-order valence-corrected chi connectivity index (χ2v) is 4.05. The van der Waals surface area contributed by atoms with Crippen molar-refractivity contribution in [3.8, 4) is 5.75 Å². The number of ether oxygens (including phenoxy) is 1. The van der Waals surface area contributed by atoms with E-state index in [1.165, 1.54) is 13.2 Å². The summed E-state index contributed by atoms with van der Waals surface area (Å²) in [7, 11) is 1.51. The van der Waals surface area contributed by atoms with Crippen molar-refractivity contribution in [3.05, 3.63) is 65.2 Å². The van der Waals surface area contributed by atoms with Crippen LogP contribution in [0.2, 0.25) is 0 Å². The number of Topliss-reactive ketones (excluding diaryl/α,β-unsaturated/α-hetero) is 1. The Bertz CT molecular complexity index is 589. The lowest BCUT2D eigenvalue weighted by Crippen LogP contribution is -2.09. The summed E-state index contributed by atoms with van der Waals surface area (Å²) < 4.78 is 32.0. The van der Waals surface area contributed by atoms with Gasteiger partial charge in [0.2, 0.25) is 0 Å². The number of rotatable bonds is 4. The number of hydrogen-bond donors (Lipinski definition) is 0. The quantitative estimate of drug-likeness (QED) is 0.789. The fourth-order valence-corrected chi connectivity index (χ4v) is 1.82. The summed E-state index contributed by atoms with van der Waals surface area (Å²) in [5.41, 5.74) is 0.150. The van der Waals surface area contributed by atoms with Gasteiger partial charge in [-0.2, -0.15) is 0 Å². The second kappa shape index (κ2) is 5.61. The van der Waals surface area contributed by atoms with E-state index in [2.05, 4.69) is 0 Å². The largest absolute Gasteiger partial charge is 0.497 e. The Morgan fingerprint density at radius 2 is 1.74 bits per heavy atom. The molecule has 19 heavy (non-hydrogen) atoms. The summed E-state index contributed by atoms with van der Waals surface area (Å²) in [6.45, 7) is 0. The van der Waals surface area contributed by atoms with Crippen molar-refractivity contribution in [2.24, 2.45) is 0 Å². The van der Waals surface area contributed by atoms with Crippen LogP contribution in [-0.2, 0) is 6.42 Å². The first-order chi connectivity index (χ1) is 9.11. The first kappa shape index (κ1) is 13.2. The fraction of sp³-hybridized carbons (Fsp3) is 0.133. The van der Waals surface area contributed by atoms with Crippen LogP contribution < -0.4 is 4.74 Å². The van der Waals surface area contributed by atoms with Gasteiger partial charge in [-0.15, -0.1) is 0 Å². The Hall–Kier alpha value is -2.23. The van der Waals surface area contributed by atoms with Gasteiger partial charge in [-0.25, -0.2) is 8.78 Å². The van der Waals surface area contributed by atoms with Crippen LogP contribution in [0.3, 0.4) is 0 Å². The molecule has 2 nitrogen and oxygen atoms in total. The minimum atomic E-state index is -0.840. The zero-order valence-corrected chi connectivity index (χ0v) is 10.3. The molecule has 0 saturated heterocycles. The van der Waals surface area contributed by atoms with Crippen molar-refractivity contribution in [2.45, 2.75) is 6.42 Å². The Morgan fingerprint density at radius 1 is 1.11 bits per heavy atom. The Balaban J connectivity index is 2.26. The Morgan fingerprint density at radius 3 is 2.37 bits per heavy atom. The van der Waals surface area contributed by atoms with Crippen LogP contribution in [-0.4, -0.2) is 12.9 Å².